The van der Waals surface area contributed by atoms with Crippen molar-refractivity contribution in [1.82, 2.24) is 44.7 Å². The molecule has 14 heteroatoms. The Bertz CT molecular complexity index is 2060. The van der Waals surface area contributed by atoms with Gasteiger partial charge >= 0.3 is 0 Å². The van der Waals surface area contributed by atoms with Gasteiger partial charge in [0.1, 0.15) is 23.4 Å². The average Bonchev–Trinajstić information content (AvgIpc) is 3.92. The van der Waals surface area contributed by atoms with Crippen molar-refractivity contribution >= 4 is 34.4 Å². The number of amides is 2. The molecular weight excluding hydrogens is 646 g/mol. The van der Waals surface area contributed by atoms with Crippen molar-refractivity contribution in [2.75, 3.05) is 55.6 Å². The van der Waals surface area contributed by atoms with Crippen molar-refractivity contribution < 1.29 is 14.3 Å². The standard InChI is InChI=1S/C37H43N11O3/c1-24(2)51-31-12-7-27(19-38-31)33-34-29(41-42-33)10-11-30(40-34)48-16-14-37(36(48)50)13-15-45(22-37)21-32(49)47-18-17-46(20-25(47)3)28-8-5-26(6-9-28)35-39-23-44(4)43-35/h5-12,19,23-25H,13-18,20-22H2,1-4H3,(H,41,42)/t25-,37-/m0/s1. The number of hydrogen-bond acceptors (Lipinski definition) is 10. The van der Waals surface area contributed by atoms with Crippen LogP contribution in [0.2, 0.25) is 0 Å². The minimum atomic E-state index is -0.506. The second-order valence-electron chi connectivity index (χ2n) is 14.3. The number of nitrogens with one attached hydrogen (secondary N) is 1. The molecule has 51 heavy (non-hydrogen) atoms. The van der Waals surface area contributed by atoms with Gasteiger partial charge in [-0.2, -0.15) is 10.2 Å². The molecule has 3 aliphatic heterocycles. The van der Waals surface area contributed by atoms with E-state index in [1.807, 2.05) is 62.2 Å². The molecule has 4 aromatic heterocycles. The highest BCUT2D eigenvalue weighted by Crippen LogP contribution is 2.42. The molecule has 8 rings (SSSR count). The largest absolute Gasteiger partial charge is 0.475 e. The number of likely N-dealkylation sites (tertiary alicyclic amines) is 1. The van der Waals surface area contributed by atoms with E-state index in [-0.39, 0.29) is 24.0 Å². The number of aromatic amines is 1. The van der Waals surface area contributed by atoms with Crippen molar-refractivity contribution in [3.05, 3.63) is 61.1 Å². The number of fused-ring (bicyclic) bond motifs is 1. The number of carbonyl (C=O) groups excluding carboxylic acids is 2. The highest BCUT2D eigenvalue weighted by molar-refractivity contribution is 6.01. The van der Waals surface area contributed by atoms with E-state index in [4.69, 9.17) is 9.72 Å². The van der Waals surface area contributed by atoms with Crippen LogP contribution in [0.4, 0.5) is 11.5 Å². The van der Waals surface area contributed by atoms with Gasteiger partial charge in [0, 0.05) is 74.9 Å². The Morgan fingerprint density at radius 3 is 2.53 bits per heavy atom. The van der Waals surface area contributed by atoms with E-state index in [0.29, 0.717) is 54.9 Å². The van der Waals surface area contributed by atoms with Crippen LogP contribution < -0.4 is 14.5 Å². The topological polar surface area (TPSA) is 142 Å². The van der Waals surface area contributed by atoms with Gasteiger partial charge in [-0.1, -0.05) is 0 Å². The van der Waals surface area contributed by atoms with Crippen molar-refractivity contribution in [1.29, 1.82) is 0 Å². The summed E-state index contributed by atoms with van der Waals surface area (Å²) in [4.78, 5) is 49.7. The number of nitrogens with zero attached hydrogens (tertiary/aromatic N) is 10. The lowest BCUT2D eigenvalue weighted by molar-refractivity contribution is -0.135. The first-order valence-corrected chi connectivity index (χ1v) is 17.7. The number of benzene rings is 1. The fourth-order valence-corrected chi connectivity index (χ4v) is 7.72. The second kappa shape index (κ2) is 13.1. The summed E-state index contributed by atoms with van der Waals surface area (Å²) in [5.41, 5.74) is 4.56. The maximum atomic E-state index is 14.0. The van der Waals surface area contributed by atoms with Crippen molar-refractivity contribution in [2.45, 2.75) is 45.8 Å². The number of aryl methyl sites for hydroxylation is 1. The molecule has 5 aromatic rings. The number of piperazine rings is 1. The van der Waals surface area contributed by atoms with Gasteiger partial charge in [-0.3, -0.25) is 29.2 Å². The molecule has 0 unspecified atom stereocenters. The van der Waals surface area contributed by atoms with Crippen LogP contribution in [0.5, 0.6) is 5.88 Å². The molecule has 0 saturated carbocycles. The van der Waals surface area contributed by atoms with Crippen LogP contribution in [0.1, 0.15) is 33.6 Å². The third-order valence-corrected chi connectivity index (χ3v) is 10.4. The number of ether oxygens (including phenoxy) is 1. The Balaban J connectivity index is 0.884. The first kappa shape index (κ1) is 32.8. The summed E-state index contributed by atoms with van der Waals surface area (Å²) in [5.74, 6) is 2.08. The predicted molar refractivity (Wildman–Crippen MR) is 193 cm³/mol. The Hall–Kier alpha value is -5.37. The summed E-state index contributed by atoms with van der Waals surface area (Å²) in [6.07, 6.45) is 4.93. The smallest absolute Gasteiger partial charge is 0.237 e. The van der Waals surface area contributed by atoms with Crippen molar-refractivity contribution in [3.63, 3.8) is 0 Å². The van der Waals surface area contributed by atoms with Crippen molar-refractivity contribution in [2.24, 2.45) is 12.5 Å². The number of anilines is 2. The van der Waals surface area contributed by atoms with Crippen LogP contribution in [-0.4, -0.2) is 115 Å². The summed E-state index contributed by atoms with van der Waals surface area (Å²) in [7, 11) is 1.86. The molecule has 0 aliphatic carbocycles. The third kappa shape index (κ3) is 6.28. The lowest BCUT2D eigenvalue weighted by atomic mass is 9.85. The van der Waals surface area contributed by atoms with Crippen LogP contribution in [0.25, 0.3) is 33.7 Å². The van der Waals surface area contributed by atoms with Gasteiger partial charge in [-0.25, -0.2) is 15.0 Å². The van der Waals surface area contributed by atoms with E-state index in [9.17, 15) is 9.59 Å². The van der Waals surface area contributed by atoms with Crippen LogP contribution in [-0.2, 0) is 16.6 Å². The Morgan fingerprint density at radius 1 is 1.00 bits per heavy atom. The summed E-state index contributed by atoms with van der Waals surface area (Å²) >= 11 is 0. The number of pyridine rings is 2. The number of carbonyl (C=O) groups is 2. The van der Waals surface area contributed by atoms with E-state index >= 15 is 0 Å². The quantitative estimate of drug-likeness (QED) is 0.256. The molecule has 3 saturated heterocycles. The van der Waals surface area contributed by atoms with Crippen molar-refractivity contribution in [3.8, 4) is 28.5 Å². The SMILES string of the molecule is CC(C)Oc1ccc(-c2n[nH]c3ccc(N4CC[C@]5(CCN(CC(=O)N6CCN(c7ccc(-c8ncn(C)n8)cc7)C[C@@H]6C)C5)C4=O)nc23)cn1. The first-order chi connectivity index (χ1) is 24.7. The van der Waals surface area contributed by atoms with E-state index < -0.39 is 5.41 Å². The summed E-state index contributed by atoms with van der Waals surface area (Å²) in [6, 6.07) is 15.9. The molecule has 0 bridgehead atoms. The molecule has 14 nitrogen and oxygen atoms in total. The summed E-state index contributed by atoms with van der Waals surface area (Å²) in [5, 5.41) is 12.0. The lowest BCUT2D eigenvalue weighted by Crippen LogP contribution is -2.56. The third-order valence-electron chi connectivity index (χ3n) is 10.4. The van der Waals surface area contributed by atoms with Gasteiger partial charge in [0.25, 0.3) is 0 Å². The Labute approximate surface area is 296 Å². The summed E-state index contributed by atoms with van der Waals surface area (Å²) < 4.78 is 7.38. The van der Waals surface area contributed by atoms with Crippen LogP contribution in [0.3, 0.4) is 0 Å². The molecule has 3 aliphatic rings. The van der Waals surface area contributed by atoms with Crippen LogP contribution in [0, 0.1) is 5.41 Å². The molecule has 3 fully saturated rings. The monoisotopic (exact) mass is 689 g/mol. The molecule has 1 N–H and O–H groups in total. The molecule has 2 amide bonds. The Kier molecular flexibility index (Phi) is 8.41. The van der Waals surface area contributed by atoms with Gasteiger partial charge < -0.3 is 14.5 Å². The fourth-order valence-electron chi connectivity index (χ4n) is 7.72. The zero-order chi connectivity index (χ0) is 35.3. The molecule has 1 spiro atoms. The van der Waals surface area contributed by atoms with E-state index in [0.717, 1.165) is 54.8 Å². The number of hydrogen-bond donors (Lipinski definition) is 1. The average molecular weight is 690 g/mol. The fraction of sp³-hybridized carbons (Fsp3) is 0.432. The molecule has 7 heterocycles. The minimum absolute atomic E-state index is 0.0324. The van der Waals surface area contributed by atoms with E-state index in [1.165, 1.54) is 0 Å². The normalized spacial score (nSPS) is 21.2. The number of rotatable bonds is 8. The number of aromatic nitrogens is 7. The van der Waals surface area contributed by atoms with Crippen LogP contribution >= 0.6 is 0 Å². The minimum Gasteiger partial charge on any atom is -0.475 e. The highest BCUT2D eigenvalue weighted by Gasteiger charge is 2.51. The predicted octanol–water partition coefficient (Wildman–Crippen LogP) is 3.77. The molecule has 2 atom stereocenters. The van der Waals surface area contributed by atoms with Crippen LogP contribution in [0.15, 0.2) is 61.1 Å². The van der Waals surface area contributed by atoms with E-state index in [1.54, 1.807) is 22.1 Å². The molecule has 1 aromatic carbocycles. The highest BCUT2D eigenvalue weighted by atomic mass is 16.5. The molecule has 0 radical (unpaired) electrons. The summed E-state index contributed by atoms with van der Waals surface area (Å²) in [6.45, 7) is 10.4. The zero-order valence-electron chi connectivity index (χ0n) is 29.5. The maximum Gasteiger partial charge on any atom is 0.237 e. The maximum absolute atomic E-state index is 14.0. The van der Waals surface area contributed by atoms with Gasteiger partial charge in [-0.15, -0.1) is 0 Å². The zero-order valence-corrected chi connectivity index (χ0v) is 29.5. The second-order valence-corrected chi connectivity index (χ2v) is 14.3. The lowest BCUT2D eigenvalue weighted by Gasteiger charge is -2.41. The molecular formula is C37H43N11O3. The van der Waals surface area contributed by atoms with E-state index in [2.05, 4.69) is 54.1 Å². The van der Waals surface area contributed by atoms with Gasteiger partial charge in [0.15, 0.2) is 5.82 Å². The first-order valence-electron chi connectivity index (χ1n) is 17.7. The van der Waals surface area contributed by atoms with Gasteiger partial charge in [0.2, 0.25) is 17.7 Å². The van der Waals surface area contributed by atoms with Gasteiger partial charge in [-0.05, 0) is 82.6 Å². The van der Waals surface area contributed by atoms with Gasteiger partial charge in [0.05, 0.1) is 23.6 Å². The molecule has 264 valence electrons. The Morgan fingerprint density at radius 2 is 1.80 bits per heavy atom. The number of H-pyrrole nitrogens is 1.